The van der Waals surface area contributed by atoms with Gasteiger partial charge in [0.05, 0.1) is 17.2 Å². The van der Waals surface area contributed by atoms with Crippen molar-refractivity contribution in [2.24, 2.45) is 5.41 Å². The van der Waals surface area contributed by atoms with Crippen LogP contribution in [0.1, 0.15) is 41.6 Å². The Hall–Kier alpha value is -3.59. The van der Waals surface area contributed by atoms with Crippen LogP contribution in [0.25, 0.3) is 11.3 Å². The maximum absolute atomic E-state index is 13.7. The molecule has 2 fully saturated rings. The van der Waals surface area contributed by atoms with Crippen molar-refractivity contribution in [2.45, 2.75) is 44.2 Å². The molecule has 2 aromatic carbocycles. The SMILES string of the molecule is N#CC1(Cc2ccc(F)cc2)CC2CC[C@@H](C1)N2C(=O)c1ccccc1-c1ccncn1. The van der Waals surface area contributed by atoms with Crippen LogP contribution in [-0.4, -0.2) is 32.9 Å². The van der Waals surface area contributed by atoms with Crippen LogP contribution in [0.4, 0.5) is 4.39 Å². The molecule has 2 saturated heterocycles. The third kappa shape index (κ3) is 3.64. The molecule has 2 bridgehead atoms. The summed E-state index contributed by atoms with van der Waals surface area (Å²) in [5, 5.41) is 10.1. The molecule has 1 amide bonds. The smallest absolute Gasteiger partial charge is 0.255 e. The van der Waals surface area contributed by atoms with Crippen LogP contribution in [-0.2, 0) is 6.42 Å². The highest BCUT2D eigenvalue weighted by Gasteiger charge is 2.50. The number of carbonyl (C=O) groups is 1. The van der Waals surface area contributed by atoms with Crippen molar-refractivity contribution >= 4 is 5.91 Å². The molecule has 5 rings (SSSR count). The topological polar surface area (TPSA) is 69.9 Å². The molecule has 0 N–H and O–H groups in total. The molecule has 2 unspecified atom stereocenters. The first-order valence-corrected chi connectivity index (χ1v) is 10.9. The lowest BCUT2D eigenvalue weighted by atomic mass is 9.72. The van der Waals surface area contributed by atoms with E-state index in [9.17, 15) is 14.4 Å². The Morgan fingerprint density at radius 2 is 1.81 bits per heavy atom. The number of fused-ring (bicyclic) bond motifs is 2. The highest BCUT2D eigenvalue weighted by Crippen LogP contribution is 2.47. The van der Waals surface area contributed by atoms with Crippen LogP contribution in [0.5, 0.6) is 0 Å². The second-order valence-corrected chi connectivity index (χ2v) is 8.84. The second kappa shape index (κ2) is 8.16. The summed E-state index contributed by atoms with van der Waals surface area (Å²) < 4.78 is 13.3. The van der Waals surface area contributed by atoms with Crippen LogP contribution in [0, 0.1) is 22.6 Å². The van der Waals surface area contributed by atoms with Gasteiger partial charge in [-0.15, -0.1) is 0 Å². The highest BCUT2D eigenvalue weighted by molar-refractivity contribution is 6.01. The average Bonchev–Trinajstić information content (AvgIpc) is 3.12. The van der Waals surface area contributed by atoms with Crippen molar-refractivity contribution in [3.63, 3.8) is 0 Å². The Kier molecular flexibility index (Phi) is 5.18. The molecule has 2 aliphatic heterocycles. The molecule has 0 aliphatic carbocycles. The first-order valence-electron chi connectivity index (χ1n) is 10.9. The molecule has 5 nitrogen and oxygen atoms in total. The summed E-state index contributed by atoms with van der Waals surface area (Å²) in [6, 6.07) is 18.4. The number of piperidine rings is 1. The highest BCUT2D eigenvalue weighted by atomic mass is 19.1. The molecule has 0 spiro atoms. The van der Waals surface area contributed by atoms with E-state index in [1.807, 2.05) is 29.2 Å². The fourth-order valence-corrected chi connectivity index (χ4v) is 5.43. The van der Waals surface area contributed by atoms with Crippen molar-refractivity contribution in [1.29, 1.82) is 5.26 Å². The summed E-state index contributed by atoms with van der Waals surface area (Å²) in [4.78, 5) is 24.0. The van der Waals surface area contributed by atoms with Gasteiger partial charge in [0.2, 0.25) is 0 Å². The number of hydrogen-bond donors (Lipinski definition) is 0. The van der Waals surface area contributed by atoms with E-state index in [-0.39, 0.29) is 23.8 Å². The predicted molar refractivity (Wildman–Crippen MR) is 118 cm³/mol. The van der Waals surface area contributed by atoms with E-state index >= 15 is 0 Å². The summed E-state index contributed by atoms with van der Waals surface area (Å²) in [6.07, 6.45) is 6.81. The quantitative estimate of drug-likeness (QED) is 0.601. The van der Waals surface area contributed by atoms with Gasteiger partial charge in [-0.2, -0.15) is 5.26 Å². The molecule has 0 saturated carbocycles. The number of halogens is 1. The van der Waals surface area contributed by atoms with Crippen molar-refractivity contribution < 1.29 is 9.18 Å². The summed E-state index contributed by atoms with van der Waals surface area (Å²) in [6.45, 7) is 0. The lowest BCUT2D eigenvalue weighted by Gasteiger charge is -2.43. The fraction of sp³-hybridized carbons (Fsp3) is 0.308. The van der Waals surface area contributed by atoms with Gasteiger partial charge in [0, 0.05) is 29.4 Å². The van der Waals surface area contributed by atoms with E-state index in [2.05, 4.69) is 16.0 Å². The summed E-state index contributed by atoms with van der Waals surface area (Å²) in [7, 11) is 0. The van der Waals surface area contributed by atoms with Gasteiger partial charge in [-0.25, -0.2) is 14.4 Å². The summed E-state index contributed by atoms with van der Waals surface area (Å²) in [5.74, 6) is -0.275. The van der Waals surface area contributed by atoms with E-state index < -0.39 is 5.41 Å². The van der Waals surface area contributed by atoms with Gasteiger partial charge in [-0.05, 0) is 61.9 Å². The Balaban J connectivity index is 1.42. The Morgan fingerprint density at radius 3 is 2.47 bits per heavy atom. The largest absolute Gasteiger partial charge is 0.333 e. The molecule has 3 aromatic rings. The number of benzene rings is 2. The van der Waals surface area contributed by atoms with Gasteiger partial charge in [0.1, 0.15) is 12.1 Å². The number of rotatable bonds is 4. The first-order chi connectivity index (χ1) is 15.6. The minimum Gasteiger partial charge on any atom is -0.333 e. The Morgan fingerprint density at radius 1 is 1.09 bits per heavy atom. The van der Waals surface area contributed by atoms with Gasteiger partial charge >= 0.3 is 0 Å². The molecule has 3 atom stereocenters. The first kappa shape index (κ1) is 20.3. The van der Waals surface area contributed by atoms with E-state index in [0.717, 1.165) is 29.7 Å². The van der Waals surface area contributed by atoms with E-state index in [0.29, 0.717) is 24.8 Å². The molecule has 3 heterocycles. The van der Waals surface area contributed by atoms with E-state index in [1.165, 1.54) is 18.5 Å². The van der Waals surface area contributed by atoms with Gasteiger partial charge < -0.3 is 4.90 Å². The number of nitrogens with zero attached hydrogens (tertiary/aromatic N) is 4. The number of amides is 1. The third-order valence-corrected chi connectivity index (χ3v) is 6.82. The number of hydrogen-bond acceptors (Lipinski definition) is 4. The predicted octanol–water partition coefficient (Wildman–Crippen LogP) is 4.80. The average molecular weight is 426 g/mol. The van der Waals surface area contributed by atoms with Crippen LogP contribution in [0.2, 0.25) is 0 Å². The van der Waals surface area contributed by atoms with Gasteiger partial charge in [-0.1, -0.05) is 30.3 Å². The van der Waals surface area contributed by atoms with Crippen molar-refractivity contribution in [3.05, 3.63) is 84.1 Å². The molecule has 1 aromatic heterocycles. The molecule has 0 radical (unpaired) electrons. The van der Waals surface area contributed by atoms with Gasteiger partial charge in [0.25, 0.3) is 5.91 Å². The summed E-state index contributed by atoms with van der Waals surface area (Å²) in [5.41, 5.74) is 2.57. The molecular formula is C26H23FN4O. The lowest BCUT2D eigenvalue weighted by Crippen LogP contribution is -2.50. The third-order valence-electron chi connectivity index (χ3n) is 6.82. The number of aromatic nitrogens is 2. The Bertz CT molecular complexity index is 1160. The van der Waals surface area contributed by atoms with Crippen LogP contribution >= 0.6 is 0 Å². The van der Waals surface area contributed by atoms with Gasteiger partial charge in [-0.3, -0.25) is 4.79 Å². The fourth-order valence-electron chi connectivity index (χ4n) is 5.43. The Labute approximate surface area is 186 Å². The zero-order valence-electron chi connectivity index (χ0n) is 17.6. The van der Waals surface area contributed by atoms with Crippen molar-refractivity contribution in [2.75, 3.05) is 0 Å². The molecular weight excluding hydrogens is 403 g/mol. The van der Waals surface area contributed by atoms with Crippen LogP contribution in [0.15, 0.2) is 67.1 Å². The summed E-state index contributed by atoms with van der Waals surface area (Å²) >= 11 is 0. The monoisotopic (exact) mass is 426 g/mol. The van der Waals surface area contributed by atoms with E-state index in [4.69, 9.17) is 0 Å². The number of carbonyl (C=O) groups excluding carboxylic acids is 1. The van der Waals surface area contributed by atoms with Crippen LogP contribution < -0.4 is 0 Å². The standard InChI is InChI=1S/C26H23FN4O/c27-19-7-5-18(6-8-19)13-26(16-28)14-20-9-10-21(15-26)31(20)25(32)23-4-2-1-3-22(23)24-11-12-29-17-30-24/h1-8,11-12,17,20-21H,9-10,13-15H2/t20-,21?,26?/m0/s1. The van der Waals surface area contributed by atoms with Crippen LogP contribution in [0.3, 0.4) is 0 Å². The van der Waals surface area contributed by atoms with Crippen molar-refractivity contribution in [3.8, 4) is 17.3 Å². The molecule has 160 valence electrons. The maximum Gasteiger partial charge on any atom is 0.255 e. The normalized spacial score (nSPS) is 24.2. The zero-order chi connectivity index (χ0) is 22.1. The van der Waals surface area contributed by atoms with Crippen molar-refractivity contribution in [1.82, 2.24) is 14.9 Å². The molecule has 6 heteroatoms. The zero-order valence-corrected chi connectivity index (χ0v) is 17.6. The van der Waals surface area contributed by atoms with Gasteiger partial charge in [0.15, 0.2) is 0 Å². The number of nitriles is 1. The second-order valence-electron chi connectivity index (χ2n) is 8.84. The maximum atomic E-state index is 13.7. The minimum absolute atomic E-state index is 0.0000317. The lowest BCUT2D eigenvalue weighted by molar-refractivity contribution is 0.0436. The van der Waals surface area contributed by atoms with E-state index in [1.54, 1.807) is 24.4 Å². The molecule has 32 heavy (non-hydrogen) atoms. The minimum atomic E-state index is -0.535. The molecule has 2 aliphatic rings.